The zero-order valence-corrected chi connectivity index (χ0v) is 14.5. The zero-order valence-electron chi connectivity index (χ0n) is 14.5. The molecule has 0 spiro atoms. The number of hydrogen-bond donors (Lipinski definition) is 0. The van der Waals surface area contributed by atoms with Crippen LogP contribution in [0.5, 0.6) is 0 Å². The number of aromatic nitrogens is 2. The van der Waals surface area contributed by atoms with Crippen LogP contribution in [0.1, 0.15) is 17.8 Å². The topological polar surface area (TPSA) is 38.2 Å². The molecule has 2 aliphatic rings. The Morgan fingerprint density at radius 1 is 1.33 bits per heavy atom. The summed E-state index contributed by atoms with van der Waals surface area (Å²) in [5.41, 5.74) is 2.49. The Labute approximate surface area is 142 Å². The SMILES string of the molecule is Cc1ncc2cccc(C34C=CC(OCCN(C)C)=CC3C4)c2n1. The van der Waals surface area contributed by atoms with E-state index in [0.29, 0.717) is 5.92 Å². The summed E-state index contributed by atoms with van der Waals surface area (Å²) in [5.74, 6) is 2.34. The smallest absolute Gasteiger partial charge is 0.125 e. The molecule has 1 aromatic carbocycles. The lowest BCUT2D eigenvalue weighted by molar-refractivity contribution is 0.191. The first-order valence-electron chi connectivity index (χ1n) is 8.50. The molecule has 1 saturated carbocycles. The van der Waals surface area contributed by atoms with Crippen LogP contribution in [0.15, 0.2) is 48.4 Å². The van der Waals surface area contributed by atoms with E-state index in [1.54, 1.807) is 0 Å². The summed E-state index contributed by atoms with van der Waals surface area (Å²) in [4.78, 5) is 11.2. The van der Waals surface area contributed by atoms with Gasteiger partial charge in [-0.1, -0.05) is 24.3 Å². The lowest BCUT2D eigenvalue weighted by Crippen LogP contribution is -2.18. The molecule has 0 aliphatic heterocycles. The molecule has 0 bridgehead atoms. The summed E-state index contributed by atoms with van der Waals surface area (Å²) in [5, 5.41) is 1.11. The molecule has 2 aromatic rings. The van der Waals surface area contributed by atoms with Crippen molar-refractivity contribution in [2.24, 2.45) is 5.92 Å². The fourth-order valence-electron chi connectivity index (χ4n) is 3.55. The molecule has 4 heteroatoms. The van der Waals surface area contributed by atoms with Gasteiger partial charge in [-0.25, -0.2) is 9.97 Å². The Hall–Kier alpha value is -2.20. The van der Waals surface area contributed by atoms with E-state index in [4.69, 9.17) is 9.72 Å². The Bertz CT molecular complexity index is 840. The molecule has 2 atom stereocenters. The lowest BCUT2D eigenvalue weighted by atomic mass is 9.88. The van der Waals surface area contributed by atoms with Gasteiger partial charge in [0.2, 0.25) is 0 Å². The van der Waals surface area contributed by atoms with Gasteiger partial charge in [0.05, 0.1) is 5.52 Å². The van der Waals surface area contributed by atoms with Gasteiger partial charge in [-0.3, -0.25) is 0 Å². The quantitative estimate of drug-likeness (QED) is 0.847. The van der Waals surface area contributed by atoms with Gasteiger partial charge in [0, 0.05) is 23.5 Å². The second-order valence-corrected chi connectivity index (χ2v) is 7.07. The van der Waals surface area contributed by atoms with Crippen molar-refractivity contribution in [1.29, 1.82) is 0 Å². The number of ether oxygens (including phenoxy) is 1. The van der Waals surface area contributed by atoms with E-state index >= 15 is 0 Å². The zero-order chi connectivity index (χ0) is 16.7. The van der Waals surface area contributed by atoms with Crippen LogP contribution < -0.4 is 0 Å². The third kappa shape index (κ3) is 2.61. The maximum atomic E-state index is 5.89. The van der Waals surface area contributed by atoms with Gasteiger partial charge < -0.3 is 9.64 Å². The van der Waals surface area contributed by atoms with E-state index in [2.05, 4.69) is 60.4 Å². The summed E-state index contributed by atoms with van der Waals surface area (Å²) < 4.78 is 5.89. The van der Waals surface area contributed by atoms with E-state index in [1.807, 2.05) is 13.1 Å². The molecule has 1 aromatic heterocycles. The van der Waals surface area contributed by atoms with Crippen LogP contribution in [0.4, 0.5) is 0 Å². The molecular formula is C20H23N3O. The third-order valence-electron chi connectivity index (χ3n) is 5.01. The number of allylic oxidation sites excluding steroid dienone is 3. The first-order valence-corrected chi connectivity index (χ1v) is 8.50. The molecule has 2 unspecified atom stereocenters. The van der Waals surface area contributed by atoms with E-state index < -0.39 is 0 Å². The fourth-order valence-corrected chi connectivity index (χ4v) is 3.55. The molecule has 124 valence electrons. The second-order valence-electron chi connectivity index (χ2n) is 7.07. The van der Waals surface area contributed by atoms with Crippen molar-refractivity contribution in [3.63, 3.8) is 0 Å². The average molecular weight is 321 g/mol. The summed E-state index contributed by atoms with van der Waals surface area (Å²) in [6, 6.07) is 6.41. The van der Waals surface area contributed by atoms with Gasteiger partial charge in [0.25, 0.3) is 0 Å². The van der Waals surface area contributed by atoms with E-state index in [-0.39, 0.29) is 5.41 Å². The first-order chi connectivity index (χ1) is 11.6. The van der Waals surface area contributed by atoms with Crippen LogP contribution in [-0.4, -0.2) is 42.1 Å². The van der Waals surface area contributed by atoms with Gasteiger partial charge in [-0.2, -0.15) is 0 Å². The molecule has 4 nitrogen and oxygen atoms in total. The molecule has 1 heterocycles. The monoisotopic (exact) mass is 321 g/mol. The molecule has 2 aliphatic carbocycles. The summed E-state index contributed by atoms with van der Waals surface area (Å²) >= 11 is 0. The number of para-hydroxylation sites is 1. The maximum Gasteiger partial charge on any atom is 0.125 e. The summed E-state index contributed by atoms with van der Waals surface area (Å²) in [7, 11) is 4.12. The highest BCUT2D eigenvalue weighted by molar-refractivity contribution is 5.83. The van der Waals surface area contributed by atoms with Gasteiger partial charge in [0.1, 0.15) is 18.2 Å². The van der Waals surface area contributed by atoms with E-state index in [0.717, 1.165) is 42.1 Å². The summed E-state index contributed by atoms with van der Waals surface area (Å²) in [6.07, 6.45) is 9.78. The third-order valence-corrected chi connectivity index (χ3v) is 5.01. The molecular weight excluding hydrogens is 298 g/mol. The Kier molecular flexibility index (Phi) is 3.65. The number of rotatable bonds is 5. The van der Waals surface area contributed by atoms with Crippen LogP contribution in [0.3, 0.4) is 0 Å². The lowest BCUT2D eigenvalue weighted by Gasteiger charge is -2.19. The van der Waals surface area contributed by atoms with Crippen LogP contribution >= 0.6 is 0 Å². The predicted octanol–water partition coefficient (Wildman–Crippen LogP) is 3.23. The number of aryl methyl sites for hydroxylation is 1. The van der Waals surface area contributed by atoms with E-state index in [9.17, 15) is 0 Å². The normalized spacial score (nSPS) is 24.8. The highest BCUT2D eigenvalue weighted by atomic mass is 16.5. The fraction of sp³-hybridized carbons (Fsp3) is 0.400. The largest absolute Gasteiger partial charge is 0.493 e. The predicted molar refractivity (Wildman–Crippen MR) is 95.8 cm³/mol. The highest BCUT2D eigenvalue weighted by Gasteiger charge is 2.54. The van der Waals surface area contributed by atoms with Crippen LogP contribution in [-0.2, 0) is 10.2 Å². The molecule has 4 rings (SSSR count). The van der Waals surface area contributed by atoms with Gasteiger partial charge in [0.15, 0.2) is 0 Å². The first kappa shape index (κ1) is 15.3. The maximum absolute atomic E-state index is 5.89. The molecule has 0 radical (unpaired) electrons. The van der Waals surface area contributed by atoms with Crippen molar-refractivity contribution < 1.29 is 4.74 Å². The van der Waals surface area contributed by atoms with Crippen molar-refractivity contribution >= 4 is 10.9 Å². The van der Waals surface area contributed by atoms with Crippen molar-refractivity contribution in [2.45, 2.75) is 18.8 Å². The van der Waals surface area contributed by atoms with Crippen LogP contribution in [0.2, 0.25) is 0 Å². The number of likely N-dealkylation sites (N-methyl/N-ethyl adjacent to an activating group) is 1. The average Bonchev–Trinajstić information content (AvgIpc) is 3.28. The number of nitrogens with zero attached hydrogens (tertiary/aromatic N) is 3. The van der Waals surface area contributed by atoms with Crippen LogP contribution in [0, 0.1) is 12.8 Å². The molecule has 1 fully saturated rings. The Balaban J connectivity index is 1.59. The van der Waals surface area contributed by atoms with Gasteiger partial charge in [-0.05, 0) is 51.1 Å². The van der Waals surface area contributed by atoms with Crippen molar-refractivity contribution in [3.8, 4) is 0 Å². The van der Waals surface area contributed by atoms with Crippen molar-refractivity contribution in [3.05, 3.63) is 59.8 Å². The molecule has 24 heavy (non-hydrogen) atoms. The molecule has 0 amide bonds. The van der Waals surface area contributed by atoms with Crippen molar-refractivity contribution in [2.75, 3.05) is 27.2 Å². The van der Waals surface area contributed by atoms with Gasteiger partial charge in [-0.15, -0.1) is 0 Å². The Morgan fingerprint density at radius 2 is 2.21 bits per heavy atom. The Morgan fingerprint density at radius 3 is 3.00 bits per heavy atom. The van der Waals surface area contributed by atoms with Crippen LogP contribution in [0.25, 0.3) is 10.9 Å². The van der Waals surface area contributed by atoms with E-state index in [1.165, 1.54) is 5.56 Å². The second kappa shape index (κ2) is 5.71. The number of hydrogen-bond acceptors (Lipinski definition) is 4. The van der Waals surface area contributed by atoms with Gasteiger partial charge >= 0.3 is 0 Å². The standard InChI is InChI=1S/C20H23N3O/c1-14-21-13-15-5-4-6-18(19(15)22-14)20-8-7-17(11-16(20)12-20)24-10-9-23(2)3/h4-8,11,13,16H,9-10,12H2,1-3H3. The summed E-state index contributed by atoms with van der Waals surface area (Å²) in [6.45, 7) is 3.61. The highest BCUT2D eigenvalue weighted by Crippen LogP contribution is 2.59. The number of fused-ring (bicyclic) bond motifs is 2. The minimum atomic E-state index is 0.0920. The van der Waals surface area contributed by atoms with Crippen molar-refractivity contribution in [1.82, 2.24) is 14.9 Å². The number of benzene rings is 1. The molecule has 0 saturated heterocycles. The minimum absolute atomic E-state index is 0.0920. The minimum Gasteiger partial charge on any atom is -0.493 e. The molecule has 0 N–H and O–H groups in total.